The SMILES string of the molecule is O=c1c(=Cc2ccccc2OCc2ccccc2F)sc2n1[C@H](c1cccc(F)c1)C1=C(N=2)c2ccccc2CC1. The Morgan fingerprint density at radius 3 is 2.61 bits per heavy atom. The fraction of sp³-hybridized carbons (Fsp3) is 0.118. The van der Waals surface area contributed by atoms with Gasteiger partial charge in [0.1, 0.15) is 24.0 Å². The lowest BCUT2D eigenvalue weighted by Crippen LogP contribution is -2.38. The van der Waals surface area contributed by atoms with E-state index < -0.39 is 6.04 Å². The van der Waals surface area contributed by atoms with E-state index in [1.165, 1.54) is 35.1 Å². The molecule has 4 aromatic carbocycles. The second-order valence-electron chi connectivity index (χ2n) is 10.1. The van der Waals surface area contributed by atoms with Crippen LogP contribution in [0.15, 0.2) is 112 Å². The van der Waals surface area contributed by atoms with Crippen LogP contribution in [0.4, 0.5) is 8.78 Å². The lowest BCUT2D eigenvalue weighted by atomic mass is 9.83. The number of aryl methyl sites for hydroxylation is 1. The second-order valence-corrected chi connectivity index (χ2v) is 11.1. The number of hydrogen-bond acceptors (Lipinski definition) is 4. The van der Waals surface area contributed by atoms with Crippen LogP contribution in [-0.2, 0) is 13.0 Å². The number of aromatic nitrogens is 1. The lowest BCUT2D eigenvalue weighted by molar-refractivity contribution is 0.299. The van der Waals surface area contributed by atoms with Crippen LogP contribution in [0.5, 0.6) is 5.75 Å². The van der Waals surface area contributed by atoms with E-state index in [-0.39, 0.29) is 23.8 Å². The molecule has 1 aromatic heterocycles. The lowest BCUT2D eigenvalue weighted by Gasteiger charge is -2.30. The summed E-state index contributed by atoms with van der Waals surface area (Å²) in [5.74, 6) is -0.140. The molecule has 0 N–H and O–H groups in total. The Balaban J connectivity index is 1.37. The zero-order valence-corrected chi connectivity index (χ0v) is 22.7. The van der Waals surface area contributed by atoms with Crippen LogP contribution in [0.25, 0.3) is 11.8 Å². The summed E-state index contributed by atoms with van der Waals surface area (Å²) in [4.78, 5) is 19.6. The number of allylic oxidation sites excluding steroid dienone is 1. The van der Waals surface area contributed by atoms with Crippen LogP contribution in [-0.4, -0.2) is 4.57 Å². The standard InChI is InChI=1S/C34H24F2N2O2S/c35-25-12-7-11-23(18-25)32-27-17-16-21-8-1-4-13-26(21)31(27)37-34-38(32)33(39)30(41-34)19-22-9-3-6-15-29(22)40-20-24-10-2-5-14-28(24)36/h1-15,18-19,32H,16-17,20H2/t32-/m1/s1. The van der Waals surface area contributed by atoms with Crippen molar-refractivity contribution in [2.75, 3.05) is 0 Å². The molecular formula is C34H24F2N2O2S. The maximum atomic E-state index is 14.5. The molecule has 2 heterocycles. The molecule has 5 aromatic rings. The van der Waals surface area contributed by atoms with E-state index in [1.807, 2.05) is 36.4 Å². The molecule has 7 rings (SSSR count). The number of ether oxygens (including phenoxy) is 1. The maximum absolute atomic E-state index is 14.5. The fourth-order valence-corrected chi connectivity index (χ4v) is 6.63. The highest BCUT2D eigenvalue weighted by Gasteiger charge is 2.32. The van der Waals surface area contributed by atoms with E-state index in [1.54, 1.807) is 41.0 Å². The van der Waals surface area contributed by atoms with Crippen molar-refractivity contribution >= 4 is 23.1 Å². The summed E-state index contributed by atoms with van der Waals surface area (Å²) in [5.41, 5.74) is 5.82. The molecule has 1 aliphatic carbocycles. The van der Waals surface area contributed by atoms with Gasteiger partial charge in [0.05, 0.1) is 16.3 Å². The van der Waals surface area contributed by atoms with Gasteiger partial charge < -0.3 is 4.74 Å². The van der Waals surface area contributed by atoms with Crippen molar-refractivity contribution in [3.8, 4) is 5.75 Å². The van der Waals surface area contributed by atoms with Crippen molar-refractivity contribution in [2.45, 2.75) is 25.5 Å². The van der Waals surface area contributed by atoms with Crippen LogP contribution < -0.4 is 19.6 Å². The van der Waals surface area contributed by atoms with E-state index in [0.717, 1.165) is 29.7 Å². The Labute approximate surface area is 238 Å². The van der Waals surface area contributed by atoms with Crippen molar-refractivity contribution in [3.05, 3.63) is 162 Å². The first-order valence-electron chi connectivity index (χ1n) is 13.4. The molecule has 1 atom stereocenters. The van der Waals surface area contributed by atoms with Crippen LogP contribution in [0.2, 0.25) is 0 Å². The summed E-state index contributed by atoms with van der Waals surface area (Å²) >= 11 is 1.30. The molecule has 0 unspecified atom stereocenters. The van der Waals surface area contributed by atoms with Crippen molar-refractivity contribution in [1.29, 1.82) is 0 Å². The molecule has 1 aliphatic heterocycles. The third-order valence-electron chi connectivity index (χ3n) is 7.58. The second kappa shape index (κ2) is 10.4. The van der Waals surface area contributed by atoms with E-state index in [2.05, 4.69) is 12.1 Å². The minimum atomic E-state index is -0.458. The van der Waals surface area contributed by atoms with Gasteiger partial charge in [-0.15, -0.1) is 0 Å². The minimum Gasteiger partial charge on any atom is -0.488 e. The normalized spacial score (nSPS) is 16.0. The topological polar surface area (TPSA) is 43.6 Å². The predicted octanol–water partition coefficient (Wildman–Crippen LogP) is 6.18. The largest absolute Gasteiger partial charge is 0.488 e. The zero-order valence-electron chi connectivity index (χ0n) is 21.9. The van der Waals surface area contributed by atoms with Gasteiger partial charge in [-0.25, -0.2) is 13.8 Å². The van der Waals surface area contributed by atoms with E-state index in [0.29, 0.717) is 31.8 Å². The molecule has 41 heavy (non-hydrogen) atoms. The van der Waals surface area contributed by atoms with Crippen molar-refractivity contribution in [2.24, 2.45) is 4.99 Å². The number of thiazole rings is 1. The minimum absolute atomic E-state index is 0.0600. The summed E-state index contributed by atoms with van der Waals surface area (Å²) in [6.45, 7) is 0.0600. The number of hydrogen-bond donors (Lipinski definition) is 0. The number of fused-ring (bicyclic) bond motifs is 3. The van der Waals surface area contributed by atoms with Gasteiger partial charge in [0.15, 0.2) is 4.80 Å². The van der Waals surface area contributed by atoms with Crippen LogP contribution in [0.3, 0.4) is 0 Å². The molecule has 2 aliphatic rings. The highest BCUT2D eigenvalue weighted by atomic mass is 32.1. The van der Waals surface area contributed by atoms with Crippen LogP contribution >= 0.6 is 11.3 Å². The van der Waals surface area contributed by atoms with Crippen molar-refractivity contribution in [3.63, 3.8) is 0 Å². The first kappa shape index (κ1) is 25.4. The molecule has 7 heteroatoms. The van der Waals surface area contributed by atoms with Crippen molar-refractivity contribution in [1.82, 2.24) is 4.57 Å². The summed E-state index contributed by atoms with van der Waals surface area (Å²) in [7, 11) is 0. The summed E-state index contributed by atoms with van der Waals surface area (Å²) < 4.78 is 36.8. The average Bonchev–Trinajstić information content (AvgIpc) is 3.30. The Morgan fingerprint density at radius 2 is 1.73 bits per heavy atom. The van der Waals surface area contributed by atoms with E-state index in [4.69, 9.17) is 9.73 Å². The molecule has 0 spiro atoms. The smallest absolute Gasteiger partial charge is 0.271 e. The van der Waals surface area contributed by atoms with Crippen molar-refractivity contribution < 1.29 is 13.5 Å². The van der Waals surface area contributed by atoms with E-state index >= 15 is 0 Å². The van der Waals surface area contributed by atoms with Gasteiger partial charge in [-0.05, 0) is 59.9 Å². The number of nitrogens with zero attached hydrogens (tertiary/aromatic N) is 2. The highest BCUT2D eigenvalue weighted by molar-refractivity contribution is 7.07. The Hall–Kier alpha value is -4.62. The molecule has 0 saturated carbocycles. The Bertz CT molecular complexity index is 2030. The molecule has 0 bridgehead atoms. The molecule has 4 nitrogen and oxygen atoms in total. The third kappa shape index (κ3) is 4.62. The van der Waals surface area contributed by atoms with E-state index in [9.17, 15) is 13.6 Å². The van der Waals surface area contributed by atoms with Crippen LogP contribution in [0.1, 0.15) is 40.3 Å². The van der Waals surface area contributed by atoms with Gasteiger partial charge in [-0.2, -0.15) is 0 Å². The van der Waals surface area contributed by atoms with Gasteiger partial charge in [0, 0.05) is 16.7 Å². The number of halogens is 2. The number of benzene rings is 4. The summed E-state index contributed by atoms with van der Waals surface area (Å²) in [6.07, 6.45) is 3.35. The number of para-hydroxylation sites is 1. The third-order valence-corrected chi connectivity index (χ3v) is 8.57. The zero-order chi connectivity index (χ0) is 27.9. The molecule has 0 amide bonds. The molecule has 0 saturated heterocycles. The number of rotatable bonds is 5. The maximum Gasteiger partial charge on any atom is 0.271 e. The molecule has 0 fully saturated rings. The highest BCUT2D eigenvalue weighted by Crippen LogP contribution is 2.41. The van der Waals surface area contributed by atoms with Gasteiger partial charge >= 0.3 is 0 Å². The average molecular weight is 563 g/mol. The molecular weight excluding hydrogens is 538 g/mol. The quantitative estimate of drug-likeness (QED) is 0.257. The molecule has 0 radical (unpaired) electrons. The Kier molecular flexibility index (Phi) is 6.44. The fourth-order valence-electron chi connectivity index (χ4n) is 5.64. The van der Waals surface area contributed by atoms with Gasteiger partial charge in [0.25, 0.3) is 5.56 Å². The summed E-state index contributed by atoms with van der Waals surface area (Å²) in [5, 5.41) is 0. The monoisotopic (exact) mass is 562 g/mol. The predicted molar refractivity (Wildman–Crippen MR) is 156 cm³/mol. The molecule has 202 valence electrons. The van der Waals surface area contributed by atoms with Gasteiger partial charge in [-0.1, -0.05) is 84.1 Å². The first-order valence-corrected chi connectivity index (χ1v) is 14.2. The first-order chi connectivity index (χ1) is 20.1. The van der Waals surface area contributed by atoms with Gasteiger partial charge in [0.2, 0.25) is 0 Å². The van der Waals surface area contributed by atoms with Gasteiger partial charge in [-0.3, -0.25) is 9.36 Å². The summed E-state index contributed by atoms with van der Waals surface area (Å²) in [6, 6.07) is 28.1. The Morgan fingerprint density at radius 1 is 0.927 bits per heavy atom. The van der Waals surface area contributed by atoms with Crippen LogP contribution in [0, 0.1) is 11.6 Å².